The molecule has 0 aliphatic carbocycles. The molecule has 8 heteroatoms. The second-order valence-corrected chi connectivity index (χ2v) is 10.2. The molecule has 0 aliphatic heterocycles. The molecule has 0 aromatic heterocycles. The van der Waals surface area contributed by atoms with Crippen LogP contribution in [-0.4, -0.2) is 18.1 Å². The standard InChI is InChI=1S/C29H26ClN3O2S2/c1-19-15-16-22(18-24(19)30)31-28(34)27(20-9-4-3-5-10-20)37-23-12-8-11-21(17-23)32-29(36)33-25-13-6-7-14-26(25)35-2/h3-18,27H,1-2H3,(H,31,34)(H2,32,33,36). The Labute approximate surface area is 231 Å². The van der Waals surface area contributed by atoms with Gasteiger partial charge in [-0.3, -0.25) is 4.79 Å². The maximum atomic E-state index is 13.4. The molecule has 1 atom stereocenters. The van der Waals surface area contributed by atoms with Crippen LogP contribution in [0.2, 0.25) is 5.02 Å². The number of halogens is 1. The molecule has 0 aliphatic rings. The molecular weight excluding hydrogens is 522 g/mol. The largest absolute Gasteiger partial charge is 0.495 e. The fraction of sp³-hybridized carbons (Fsp3) is 0.103. The summed E-state index contributed by atoms with van der Waals surface area (Å²) in [6, 6.07) is 30.5. The van der Waals surface area contributed by atoms with E-state index in [0.717, 1.165) is 27.4 Å². The first-order chi connectivity index (χ1) is 17.9. The number of ether oxygens (including phenoxy) is 1. The average molecular weight is 548 g/mol. The molecule has 3 N–H and O–H groups in total. The van der Waals surface area contributed by atoms with Crippen LogP contribution in [0.1, 0.15) is 16.4 Å². The first-order valence-electron chi connectivity index (χ1n) is 11.5. The Balaban J connectivity index is 1.50. The van der Waals surface area contributed by atoms with E-state index in [1.165, 1.54) is 11.8 Å². The number of para-hydroxylation sites is 2. The van der Waals surface area contributed by atoms with Crippen LogP contribution < -0.4 is 20.7 Å². The van der Waals surface area contributed by atoms with E-state index in [9.17, 15) is 4.79 Å². The fourth-order valence-electron chi connectivity index (χ4n) is 3.59. The predicted molar refractivity (Wildman–Crippen MR) is 159 cm³/mol. The topological polar surface area (TPSA) is 62.4 Å². The van der Waals surface area contributed by atoms with Crippen molar-refractivity contribution >= 4 is 63.7 Å². The van der Waals surface area contributed by atoms with Gasteiger partial charge in [-0.25, -0.2) is 0 Å². The maximum absolute atomic E-state index is 13.4. The summed E-state index contributed by atoms with van der Waals surface area (Å²) >= 11 is 13.2. The summed E-state index contributed by atoms with van der Waals surface area (Å²) in [5.41, 5.74) is 4.08. The zero-order valence-electron chi connectivity index (χ0n) is 20.3. The highest BCUT2D eigenvalue weighted by atomic mass is 35.5. The van der Waals surface area contributed by atoms with Gasteiger partial charge in [-0.2, -0.15) is 0 Å². The molecule has 4 rings (SSSR count). The van der Waals surface area contributed by atoms with Crippen LogP contribution in [0, 0.1) is 6.92 Å². The highest BCUT2D eigenvalue weighted by Crippen LogP contribution is 2.37. The van der Waals surface area contributed by atoms with Crippen LogP contribution in [0.3, 0.4) is 0 Å². The Morgan fingerprint density at radius 1 is 0.865 bits per heavy atom. The monoisotopic (exact) mass is 547 g/mol. The Morgan fingerprint density at radius 3 is 2.35 bits per heavy atom. The zero-order chi connectivity index (χ0) is 26.2. The third-order valence-corrected chi connectivity index (χ3v) is 7.34. The molecule has 0 fully saturated rings. The molecule has 0 heterocycles. The Hall–Kier alpha value is -3.52. The van der Waals surface area contributed by atoms with Crippen molar-refractivity contribution in [2.75, 3.05) is 23.1 Å². The molecular formula is C29H26ClN3O2S2. The van der Waals surface area contributed by atoms with Gasteiger partial charge in [-0.1, -0.05) is 66.2 Å². The van der Waals surface area contributed by atoms with E-state index in [1.54, 1.807) is 13.2 Å². The van der Waals surface area contributed by atoms with Gasteiger partial charge >= 0.3 is 0 Å². The number of amides is 1. The Kier molecular flexibility index (Phi) is 9.06. The SMILES string of the molecule is COc1ccccc1NC(=S)Nc1cccc(SC(C(=O)Nc2ccc(C)c(Cl)c2)c2ccccc2)c1. The summed E-state index contributed by atoms with van der Waals surface area (Å²) in [7, 11) is 1.62. The Bertz CT molecular complexity index is 1400. The number of rotatable bonds is 8. The minimum atomic E-state index is -0.477. The molecule has 1 unspecified atom stereocenters. The van der Waals surface area contributed by atoms with Crippen molar-refractivity contribution in [1.29, 1.82) is 0 Å². The first kappa shape index (κ1) is 26.5. The lowest BCUT2D eigenvalue weighted by molar-refractivity contribution is -0.115. The van der Waals surface area contributed by atoms with Gasteiger partial charge in [-0.15, -0.1) is 11.8 Å². The van der Waals surface area contributed by atoms with Crippen molar-refractivity contribution in [2.45, 2.75) is 17.1 Å². The van der Waals surface area contributed by atoms with E-state index in [1.807, 2.05) is 97.9 Å². The number of anilines is 3. The van der Waals surface area contributed by atoms with E-state index in [-0.39, 0.29) is 5.91 Å². The summed E-state index contributed by atoms with van der Waals surface area (Å²) < 4.78 is 5.38. The van der Waals surface area contributed by atoms with Crippen LogP contribution in [-0.2, 0) is 4.79 Å². The molecule has 1 amide bonds. The van der Waals surface area contributed by atoms with Gasteiger partial charge in [-0.05, 0) is 72.7 Å². The van der Waals surface area contributed by atoms with Crippen molar-refractivity contribution in [1.82, 2.24) is 0 Å². The number of aryl methyl sites for hydroxylation is 1. The minimum absolute atomic E-state index is 0.136. The lowest BCUT2D eigenvalue weighted by Gasteiger charge is -2.18. The molecule has 0 saturated carbocycles. The summed E-state index contributed by atoms with van der Waals surface area (Å²) in [6.07, 6.45) is 0. The molecule has 188 valence electrons. The maximum Gasteiger partial charge on any atom is 0.242 e. The molecule has 0 saturated heterocycles. The number of nitrogens with one attached hydrogen (secondary N) is 3. The van der Waals surface area contributed by atoms with E-state index in [2.05, 4.69) is 16.0 Å². The molecule has 0 spiro atoms. The van der Waals surface area contributed by atoms with Gasteiger partial charge in [0.25, 0.3) is 0 Å². The van der Waals surface area contributed by atoms with Crippen molar-refractivity contribution < 1.29 is 9.53 Å². The summed E-state index contributed by atoms with van der Waals surface area (Å²) in [4.78, 5) is 14.3. The number of hydrogen-bond acceptors (Lipinski definition) is 4. The van der Waals surface area contributed by atoms with Gasteiger partial charge < -0.3 is 20.7 Å². The number of thiocarbonyl (C=S) groups is 1. The van der Waals surface area contributed by atoms with Crippen molar-refractivity contribution in [3.8, 4) is 5.75 Å². The van der Waals surface area contributed by atoms with Crippen molar-refractivity contribution in [3.63, 3.8) is 0 Å². The smallest absolute Gasteiger partial charge is 0.242 e. The van der Waals surface area contributed by atoms with E-state index < -0.39 is 5.25 Å². The normalized spacial score (nSPS) is 11.3. The van der Waals surface area contributed by atoms with Gasteiger partial charge in [0.1, 0.15) is 11.0 Å². The molecule has 37 heavy (non-hydrogen) atoms. The molecule has 0 radical (unpaired) electrons. The van der Waals surface area contributed by atoms with Gasteiger partial charge in [0.05, 0.1) is 12.8 Å². The third kappa shape index (κ3) is 7.26. The number of carbonyl (C=O) groups excluding carboxylic acids is 1. The number of carbonyl (C=O) groups is 1. The van der Waals surface area contributed by atoms with Gasteiger partial charge in [0, 0.05) is 21.3 Å². The number of benzene rings is 4. The second-order valence-electron chi connectivity index (χ2n) is 8.17. The van der Waals surface area contributed by atoms with Crippen LogP contribution in [0.4, 0.5) is 17.1 Å². The third-order valence-electron chi connectivity index (χ3n) is 5.48. The van der Waals surface area contributed by atoms with Gasteiger partial charge in [0.2, 0.25) is 5.91 Å². The van der Waals surface area contributed by atoms with E-state index >= 15 is 0 Å². The Morgan fingerprint density at radius 2 is 1.59 bits per heavy atom. The van der Waals surface area contributed by atoms with Crippen LogP contribution in [0.5, 0.6) is 5.75 Å². The average Bonchev–Trinajstić information content (AvgIpc) is 2.90. The summed E-state index contributed by atoms with van der Waals surface area (Å²) in [5.74, 6) is 0.561. The first-order valence-corrected chi connectivity index (χ1v) is 13.2. The lowest BCUT2D eigenvalue weighted by Crippen LogP contribution is -2.20. The van der Waals surface area contributed by atoms with Crippen molar-refractivity contribution in [3.05, 3.63) is 113 Å². The number of methoxy groups -OCH3 is 1. The number of hydrogen-bond donors (Lipinski definition) is 3. The minimum Gasteiger partial charge on any atom is -0.495 e. The number of thioether (sulfide) groups is 1. The fourth-order valence-corrected chi connectivity index (χ4v) is 5.09. The molecule has 4 aromatic rings. The lowest BCUT2D eigenvalue weighted by atomic mass is 10.1. The van der Waals surface area contributed by atoms with Crippen molar-refractivity contribution in [2.24, 2.45) is 0 Å². The quantitative estimate of drug-likeness (QED) is 0.154. The summed E-state index contributed by atoms with van der Waals surface area (Å²) in [6.45, 7) is 1.93. The highest BCUT2D eigenvalue weighted by Gasteiger charge is 2.22. The predicted octanol–water partition coefficient (Wildman–Crippen LogP) is 7.94. The van der Waals surface area contributed by atoms with Crippen LogP contribution >= 0.6 is 35.6 Å². The van der Waals surface area contributed by atoms with E-state index in [4.69, 9.17) is 28.6 Å². The van der Waals surface area contributed by atoms with Gasteiger partial charge in [0.15, 0.2) is 5.11 Å². The highest BCUT2D eigenvalue weighted by molar-refractivity contribution is 8.00. The molecule has 5 nitrogen and oxygen atoms in total. The van der Waals surface area contributed by atoms with Crippen LogP contribution in [0.15, 0.2) is 102 Å². The second kappa shape index (κ2) is 12.6. The zero-order valence-corrected chi connectivity index (χ0v) is 22.7. The van der Waals surface area contributed by atoms with E-state index in [0.29, 0.717) is 21.6 Å². The van der Waals surface area contributed by atoms with Crippen LogP contribution in [0.25, 0.3) is 0 Å². The molecule has 0 bridgehead atoms. The molecule has 4 aromatic carbocycles. The summed E-state index contributed by atoms with van der Waals surface area (Å²) in [5, 5.41) is 9.95.